The molecule has 1 aromatic rings. The standard InChI is InChI=1S/C12H18N2O/c1-14-7-11(12(13)8-14)9-4-3-5-10(6-9)15-2/h3-6,11-12H,7-8,13H2,1-2H3/t11-,12+/m0/s1. The van der Waals surface area contributed by atoms with E-state index in [0.29, 0.717) is 5.92 Å². The highest BCUT2D eigenvalue weighted by Gasteiger charge is 2.29. The first-order chi connectivity index (χ1) is 7.20. The van der Waals surface area contributed by atoms with E-state index in [-0.39, 0.29) is 6.04 Å². The highest BCUT2D eigenvalue weighted by atomic mass is 16.5. The number of benzene rings is 1. The maximum Gasteiger partial charge on any atom is 0.119 e. The molecule has 3 nitrogen and oxygen atoms in total. The van der Waals surface area contributed by atoms with Crippen molar-refractivity contribution in [2.45, 2.75) is 12.0 Å². The molecule has 1 fully saturated rings. The summed E-state index contributed by atoms with van der Waals surface area (Å²) in [6.07, 6.45) is 0. The third kappa shape index (κ3) is 2.13. The minimum absolute atomic E-state index is 0.238. The fourth-order valence-electron chi connectivity index (χ4n) is 2.26. The summed E-state index contributed by atoms with van der Waals surface area (Å²) in [5.41, 5.74) is 7.39. The number of hydrogen-bond donors (Lipinski definition) is 1. The molecule has 0 aromatic heterocycles. The van der Waals surface area contributed by atoms with Crippen LogP contribution in [-0.4, -0.2) is 38.2 Å². The van der Waals surface area contributed by atoms with Gasteiger partial charge in [-0.25, -0.2) is 0 Å². The zero-order valence-corrected chi connectivity index (χ0v) is 9.31. The molecule has 82 valence electrons. The van der Waals surface area contributed by atoms with Crippen molar-refractivity contribution in [3.05, 3.63) is 29.8 Å². The summed E-state index contributed by atoms with van der Waals surface area (Å²) in [5.74, 6) is 1.35. The van der Waals surface area contributed by atoms with Crippen LogP contribution in [0.25, 0.3) is 0 Å². The Labute approximate surface area is 90.8 Å². The van der Waals surface area contributed by atoms with E-state index >= 15 is 0 Å². The molecule has 15 heavy (non-hydrogen) atoms. The number of likely N-dealkylation sites (tertiary alicyclic amines) is 1. The van der Waals surface area contributed by atoms with Gasteiger partial charge in [0.15, 0.2) is 0 Å². The van der Waals surface area contributed by atoms with E-state index in [2.05, 4.69) is 24.1 Å². The topological polar surface area (TPSA) is 38.5 Å². The maximum atomic E-state index is 6.11. The molecule has 0 saturated carbocycles. The van der Waals surface area contributed by atoms with Crippen molar-refractivity contribution in [3.8, 4) is 5.75 Å². The summed E-state index contributed by atoms with van der Waals surface area (Å²) in [6, 6.07) is 8.45. The molecule has 0 aliphatic carbocycles. The van der Waals surface area contributed by atoms with Gasteiger partial charge in [0, 0.05) is 25.0 Å². The molecule has 0 amide bonds. The number of ether oxygens (including phenoxy) is 1. The smallest absolute Gasteiger partial charge is 0.119 e. The summed E-state index contributed by atoms with van der Waals surface area (Å²) in [6.45, 7) is 2.01. The van der Waals surface area contributed by atoms with Crippen LogP contribution < -0.4 is 10.5 Å². The second-order valence-electron chi connectivity index (χ2n) is 4.27. The lowest BCUT2D eigenvalue weighted by Crippen LogP contribution is -2.27. The molecule has 1 heterocycles. The molecule has 1 aliphatic heterocycles. The zero-order chi connectivity index (χ0) is 10.8. The second-order valence-corrected chi connectivity index (χ2v) is 4.27. The van der Waals surface area contributed by atoms with E-state index in [1.54, 1.807) is 7.11 Å². The molecule has 0 radical (unpaired) electrons. The van der Waals surface area contributed by atoms with Gasteiger partial charge in [0.05, 0.1) is 7.11 Å². The molecule has 1 aliphatic rings. The first-order valence-electron chi connectivity index (χ1n) is 5.29. The van der Waals surface area contributed by atoms with E-state index in [9.17, 15) is 0 Å². The largest absolute Gasteiger partial charge is 0.497 e. The predicted octanol–water partition coefficient (Wildman–Crippen LogP) is 1.05. The number of rotatable bonds is 2. The molecule has 3 heteroatoms. The number of nitrogens with two attached hydrogens (primary N) is 1. The lowest BCUT2D eigenvalue weighted by molar-refractivity contribution is 0.406. The third-order valence-electron chi connectivity index (χ3n) is 3.07. The van der Waals surface area contributed by atoms with Crippen LogP contribution in [0.15, 0.2) is 24.3 Å². The Morgan fingerprint density at radius 2 is 2.20 bits per heavy atom. The van der Waals surface area contributed by atoms with Crippen molar-refractivity contribution < 1.29 is 4.74 Å². The average Bonchev–Trinajstić information content (AvgIpc) is 2.58. The minimum atomic E-state index is 0.238. The van der Waals surface area contributed by atoms with Crippen LogP contribution >= 0.6 is 0 Å². The van der Waals surface area contributed by atoms with E-state index in [4.69, 9.17) is 10.5 Å². The lowest BCUT2D eigenvalue weighted by Gasteiger charge is -2.15. The molecular weight excluding hydrogens is 188 g/mol. The Hall–Kier alpha value is -1.06. The number of hydrogen-bond acceptors (Lipinski definition) is 3. The summed E-state index contributed by atoms with van der Waals surface area (Å²) in [5, 5.41) is 0. The predicted molar refractivity (Wildman–Crippen MR) is 61.2 cm³/mol. The molecule has 2 rings (SSSR count). The van der Waals surface area contributed by atoms with Crippen molar-refractivity contribution in [1.82, 2.24) is 4.90 Å². The Morgan fingerprint density at radius 1 is 1.40 bits per heavy atom. The van der Waals surface area contributed by atoms with Crippen molar-refractivity contribution in [3.63, 3.8) is 0 Å². The SMILES string of the molecule is COc1cccc([C@@H]2CN(C)C[C@H]2N)c1. The van der Waals surface area contributed by atoms with Crippen molar-refractivity contribution in [1.29, 1.82) is 0 Å². The van der Waals surface area contributed by atoms with Crippen LogP contribution in [0.1, 0.15) is 11.5 Å². The van der Waals surface area contributed by atoms with Crippen molar-refractivity contribution in [2.24, 2.45) is 5.73 Å². The molecule has 2 N–H and O–H groups in total. The number of methoxy groups -OCH3 is 1. The van der Waals surface area contributed by atoms with Gasteiger partial charge in [-0.3, -0.25) is 0 Å². The van der Waals surface area contributed by atoms with E-state index in [0.717, 1.165) is 18.8 Å². The van der Waals surface area contributed by atoms with E-state index in [1.807, 2.05) is 12.1 Å². The normalized spacial score (nSPS) is 26.9. The minimum Gasteiger partial charge on any atom is -0.497 e. The molecule has 1 aromatic carbocycles. The van der Waals surface area contributed by atoms with Crippen LogP contribution in [-0.2, 0) is 0 Å². The Balaban J connectivity index is 2.21. The quantitative estimate of drug-likeness (QED) is 0.786. The van der Waals surface area contributed by atoms with Gasteiger partial charge in [0.2, 0.25) is 0 Å². The number of nitrogens with zero attached hydrogens (tertiary/aromatic N) is 1. The maximum absolute atomic E-state index is 6.11. The van der Waals surface area contributed by atoms with Gasteiger partial charge in [-0.1, -0.05) is 12.1 Å². The van der Waals surface area contributed by atoms with Gasteiger partial charge < -0.3 is 15.4 Å². The fourth-order valence-corrected chi connectivity index (χ4v) is 2.26. The Bertz CT molecular complexity index is 340. The van der Waals surface area contributed by atoms with Crippen LogP contribution in [0, 0.1) is 0 Å². The lowest BCUT2D eigenvalue weighted by atomic mass is 9.95. The van der Waals surface area contributed by atoms with Gasteiger partial charge in [-0.15, -0.1) is 0 Å². The van der Waals surface area contributed by atoms with Gasteiger partial charge in [0.25, 0.3) is 0 Å². The van der Waals surface area contributed by atoms with Crippen LogP contribution in [0.3, 0.4) is 0 Å². The summed E-state index contributed by atoms with van der Waals surface area (Å²) in [7, 11) is 3.81. The van der Waals surface area contributed by atoms with Gasteiger partial charge in [0.1, 0.15) is 5.75 Å². The van der Waals surface area contributed by atoms with E-state index < -0.39 is 0 Å². The first-order valence-corrected chi connectivity index (χ1v) is 5.29. The molecule has 0 bridgehead atoms. The fraction of sp³-hybridized carbons (Fsp3) is 0.500. The highest BCUT2D eigenvalue weighted by Crippen LogP contribution is 2.27. The van der Waals surface area contributed by atoms with Crippen LogP contribution in [0.5, 0.6) is 5.75 Å². The second kappa shape index (κ2) is 4.21. The molecular formula is C12H18N2O. The Kier molecular flexibility index (Phi) is 2.93. The van der Waals surface area contributed by atoms with Crippen LogP contribution in [0.2, 0.25) is 0 Å². The third-order valence-corrected chi connectivity index (χ3v) is 3.07. The van der Waals surface area contributed by atoms with Gasteiger partial charge >= 0.3 is 0 Å². The van der Waals surface area contributed by atoms with E-state index in [1.165, 1.54) is 5.56 Å². The van der Waals surface area contributed by atoms with Gasteiger partial charge in [-0.05, 0) is 24.7 Å². The monoisotopic (exact) mass is 206 g/mol. The summed E-state index contributed by atoms with van der Waals surface area (Å²) in [4.78, 5) is 2.27. The first kappa shape index (κ1) is 10.5. The van der Waals surface area contributed by atoms with Crippen LogP contribution in [0.4, 0.5) is 0 Å². The molecule has 2 atom stereocenters. The van der Waals surface area contributed by atoms with Crippen molar-refractivity contribution >= 4 is 0 Å². The summed E-state index contributed by atoms with van der Waals surface area (Å²) >= 11 is 0. The molecule has 0 unspecified atom stereocenters. The number of likely N-dealkylation sites (N-methyl/N-ethyl adjacent to an activating group) is 1. The van der Waals surface area contributed by atoms with Gasteiger partial charge in [-0.2, -0.15) is 0 Å². The molecule has 1 saturated heterocycles. The summed E-state index contributed by atoms with van der Waals surface area (Å²) < 4.78 is 5.22. The van der Waals surface area contributed by atoms with Crippen molar-refractivity contribution in [2.75, 3.05) is 27.2 Å². The highest BCUT2D eigenvalue weighted by molar-refractivity contribution is 5.32. The average molecular weight is 206 g/mol. The molecule has 0 spiro atoms. The Morgan fingerprint density at radius 3 is 2.80 bits per heavy atom. The zero-order valence-electron chi connectivity index (χ0n) is 9.31.